The number of ether oxygens (including phenoxy) is 1. The lowest BCUT2D eigenvalue weighted by Crippen LogP contribution is -2.26. The number of rotatable bonds is 1. The average Bonchev–Trinajstić information content (AvgIpc) is 2.97. The van der Waals surface area contributed by atoms with E-state index in [1.807, 2.05) is 12.1 Å². The van der Waals surface area contributed by atoms with Gasteiger partial charge in [0.25, 0.3) is 0 Å². The Labute approximate surface area is 125 Å². The van der Waals surface area contributed by atoms with Crippen molar-refractivity contribution in [3.05, 3.63) is 59.2 Å². The SMILES string of the molecule is Cc1ccc2c(c1)C1CCC[C@H]1C(c1ccc(O)cc1)O2. The van der Waals surface area contributed by atoms with Crippen molar-refractivity contribution in [2.75, 3.05) is 0 Å². The minimum absolute atomic E-state index is 0.119. The first-order chi connectivity index (χ1) is 10.2. The predicted octanol–water partition coefficient (Wildman–Crippen LogP) is 4.72. The standard InChI is InChI=1S/C19H20O2/c1-12-5-10-18-17(11-12)15-3-2-4-16(15)19(21-18)13-6-8-14(20)9-7-13/h5-11,15-16,19-20H,2-4H2,1H3/t15?,16-,19?/m1/s1. The van der Waals surface area contributed by atoms with E-state index < -0.39 is 0 Å². The van der Waals surface area contributed by atoms with Crippen LogP contribution in [-0.4, -0.2) is 5.11 Å². The average molecular weight is 280 g/mol. The van der Waals surface area contributed by atoms with Gasteiger partial charge in [0.15, 0.2) is 0 Å². The van der Waals surface area contributed by atoms with Crippen molar-refractivity contribution < 1.29 is 9.84 Å². The number of aryl methyl sites for hydroxylation is 1. The maximum absolute atomic E-state index is 9.49. The Morgan fingerprint density at radius 3 is 2.67 bits per heavy atom. The second-order valence-corrected chi connectivity index (χ2v) is 6.37. The van der Waals surface area contributed by atoms with E-state index in [1.54, 1.807) is 12.1 Å². The quantitative estimate of drug-likeness (QED) is 0.819. The van der Waals surface area contributed by atoms with Crippen molar-refractivity contribution in [3.8, 4) is 11.5 Å². The number of hydrogen-bond acceptors (Lipinski definition) is 2. The van der Waals surface area contributed by atoms with Crippen LogP contribution in [0, 0.1) is 12.8 Å². The largest absolute Gasteiger partial charge is 0.508 e. The highest BCUT2D eigenvalue weighted by Crippen LogP contribution is 2.53. The lowest BCUT2D eigenvalue weighted by molar-refractivity contribution is 0.104. The molecule has 0 saturated heterocycles. The Bertz CT molecular complexity index is 660. The van der Waals surface area contributed by atoms with E-state index in [2.05, 4.69) is 25.1 Å². The van der Waals surface area contributed by atoms with Gasteiger partial charge in [0.1, 0.15) is 17.6 Å². The van der Waals surface area contributed by atoms with Gasteiger partial charge in [-0.3, -0.25) is 0 Å². The summed E-state index contributed by atoms with van der Waals surface area (Å²) < 4.78 is 6.35. The van der Waals surface area contributed by atoms with Crippen molar-refractivity contribution in [1.82, 2.24) is 0 Å². The highest BCUT2D eigenvalue weighted by Gasteiger charge is 2.41. The van der Waals surface area contributed by atoms with Gasteiger partial charge >= 0.3 is 0 Å². The molecule has 2 unspecified atom stereocenters. The van der Waals surface area contributed by atoms with Crippen LogP contribution in [0.3, 0.4) is 0 Å². The molecule has 21 heavy (non-hydrogen) atoms. The highest BCUT2D eigenvalue weighted by molar-refractivity contribution is 5.44. The summed E-state index contributed by atoms with van der Waals surface area (Å²) in [5, 5.41) is 9.49. The molecule has 2 aliphatic rings. The first kappa shape index (κ1) is 12.8. The van der Waals surface area contributed by atoms with Crippen molar-refractivity contribution >= 4 is 0 Å². The van der Waals surface area contributed by atoms with Crippen molar-refractivity contribution in [2.45, 2.75) is 38.2 Å². The zero-order chi connectivity index (χ0) is 14.4. The molecule has 0 aromatic heterocycles. The smallest absolute Gasteiger partial charge is 0.127 e. The van der Waals surface area contributed by atoms with Gasteiger partial charge in [-0.2, -0.15) is 0 Å². The summed E-state index contributed by atoms with van der Waals surface area (Å²) in [6.45, 7) is 2.15. The third-order valence-corrected chi connectivity index (χ3v) is 5.00. The Morgan fingerprint density at radius 1 is 1.05 bits per heavy atom. The summed E-state index contributed by atoms with van der Waals surface area (Å²) in [6.07, 6.45) is 3.89. The summed E-state index contributed by atoms with van der Waals surface area (Å²) in [5.74, 6) is 2.53. The minimum Gasteiger partial charge on any atom is -0.508 e. The molecule has 1 heterocycles. The molecule has 1 aliphatic carbocycles. The lowest BCUT2D eigenvalue weighted by Gasteiger charge is -2.36. The van der Waals surface area contributed by atoms with Crippen LogP contribution in [0.2, 0.25) is 0 Å². The molecule has 0 spiro atoms. The molecule has 2 aromatic carbocycles. The zero-order valence-corrected chi connectivity index (χ0v) is 12.3. The van der Waals surface area contributed by atoms with Crippen LogP contribution in [0.15, 0.2) is 42.5 Å². The van der Waals surface area contributed by atoms with E-state index in [4.69, 9.17) is 4.74 Å². The van der Waals surface area contributed by atoms with Gasteiger partial charge in [-0.25, -0.2) is 0 Å². The Balaban J connectivity index is 1.77. The van der Waals surface area contributed by atoms with Crippen LogP contribution in [0.1, 0.15) is 48.0 Å². The second kappa shape index (κ2) is 4.80. The van der Waals surface area contributed by atoms with Crippen molar-refractivity contribution in [3.63, 3.8) is 0 Å². The van der Waals surface area contributed by atoms with E-state index in [9.17, 15) is 5.11 Å². The molecule has 2 aromatic rings. The summed E-state index contributed by atoms with van der Waals surface area (Å²) in [7, 11) is 0. The molecule has 1 aliphatic heterocycles. The molecule has 4 rings (SSSR count). The number of phenolic OH excluding ortho intramolecular Hbond substituents is 1. The molecule has 0 bridgehead atoms. The molecule has 3 atom stereocenters. The third-order valence-electron chi connectivity index (χ3n) is 5.00. The van der Waals surface area contributed by atoms with Crippen LogP contribution in [0.5, 0.6) is 11.5 Å². The van der Waals surface area contributed by atoms with Gasteiger partial charge in [0.2, 0.25) is 0 Å². The third kappa shape index (κ3) is 2.10. The maximum Gasteiger partial charge on any atom is 0.127 e. The predicted molar refractivity (Wildman–Crippen MR) is 82.7 cm³/mol. The molecule has 0 radical (unpaired) electrons. The molecule has 1 fully saturated rings. The summed E-state index contributed by atoms with van der Waals surface area (Å²) in [6, 6.07) is 14.0. The van der Waals surface area contributed by atoms with Crippen LogP contribution in [-0.2, 0) is 0 Å². The highest BCUT2D eigenvalue weighted by atomic mass is 16.5. The molecule has 1 N–H and O–H groups in total. The molecule has 0 amide bonds. The maximum atomic E-state index is 9.49. The van der Waals surface area contributed by atoms with Crippen LogP contribution in [0.25, 0.3) is 0 Å². The summed E-state index contributed by atoms with van der Waals surface area (Å²) >= 11 is 0. The Morgan fingerprint density at radius 2 is 1.86 bits per heavy atom. The zero-order valence-electron chi connectivity index (χ0n) is 12.3. The number of fused-ring (bicyclic) bond motifs is 3. The fourth-order valence-corrected chi connectivity index (χ4v) is 4.01. The van der Waals surface area contributed by atoms with Gasteiger partial charge < -0.3 is 9.84 Å². The van der Waals surface area contributed by atoms with Crippen molar-refractivity contribution in [2.24, 2.45) is 5.92 Å². The van der Waals surface area contributed by atoms with Crippen molar-refractivity contribution in [1.29, 1.82) is 0 Å². The molecule has 1 saturated carbocycles. The van der Waals surface area contributed by atoms with Crippen LogP contribution in [0.4, 0.5) is 0 Å². The lowest BCUT2D eigenvalue weighted by atomic mass is 9.79. The van der Waals surface area contributed by atoms with E-state index >= 15 is 0 Å². The molecule has 2 heteroatoms. The van der Waals surface area contributed by atoms with E-state index in [1.165, 1.54) is 36.0 Å². The summed E-state index contributed by atoms with van der Waals surface area (Å²) in [5.41, 5.74) is 3.88. The fraction of sp³-hybridized carbons (Fsp3) is 0.368. The van der Waals surface area contributed by atoms with Gasteiger partial charge in [0.05, 0.1) is 0 Å². The van der Waals surface area contributed by atoms with Gasteiger partial charge in [0, 0.05) is 5.92 Å². The molecule has 2 nitrogen and oxygen atoms in total. The van der Waals surface area contributed by atoms with Crippen LogP contribution < -0.4 is 4.74 Å². The molecular weight excluding hydrogens is 260 g/mol. The van der Waals surface area contributed by atoms with Gasteiger partial charge in [-0.15, -0.1) is 0 Å². The van der Waals surface area contributed by atoms with E-state index in [0.29, 0.717) is 17.6 Å². The molecule has 108 valence electrons. The van der Waals surface area contributed by atoms with E-state index in [-0.39, 0.29) is 6.10 Å². The van der Waals surface area contributed by atoms with Gasteiger partial charge in [-0.05, 0) is 55.0 Å². The topological polar surface area (TPSA) is 29.5 Å². The minimum atomic E-state index is 0.119. The Hall–Kier alpha value is -1.96. The first-order valence-corrected chi connectivity index (χ1v) is 7.78. The number of hydrogen-bond donors (Lipinski definition) is 1. The monoisotopic (exact) mass is 280 g/mol. The number of aromatic hydroxyl groups is 1. The normalized spacial score (nSPS) is 26.8. The second-order valence-electron chi connectivity index (χ2n) is 6.37. The molecular formula is C19H20O2. The fourth-order valence-electron chi connectivity index (χ4n) is 4.01. The Kier molecular flexibility index (Phi) is 2.91. The summed E-state index contributed by atoms with van der Waals surface area (Å²) in [4.78, 5) is 0. The van der Waals surface area contributed by atoms with Crippen LogP contribution >= 0.6 is 0 Å². The number of benzene rings is 2. The first-order valence-electron chi connectivity index (χ1n) is 7.78. The van der Waals surface area contributed by atoms with E-state index in [0.717, 1.165) is 5.75 Å². The van der Waals surface area contributed by atoms with Gasteiger partial charge in [-0.1, -0.05) is 36.2 Å². The number of phenols is 1.